The van der Waals surface area contributed by atoms with Gasteiger partial charge in [-0.1, -0.05) is 30.3 Å². The summed E-state index contributed by atoms with van der Waals surface area (Å²) in [7, 11) is 0.382. The van der Waals surface area contributed by atoms with Crippen molar-refractivity contribution in [1.82, 2.24) is 0 Å². The first-order valence-electron chi connectivity index (χ1n) is 4.68. The Balaban J connectivity index is 2.73. The van der Waals surface area contributed by atoms with Crippen LogP contribution in [0.5, 0.6) is 0 Å². The van der Waals surface area contributed by atoms with Gasteiger partial charge in [-0.05, 0) is 26.0 Å². The zero-order valence-electron chi connectivity index (χ0n) is 9.20. The fourth-order valence-electron chi connectivity index (χ4n) is 1.07. The van der Waals surface area contributed by atoms with E-state index in [0.29, 0.717) is 0 Å². The molecule has 1 aromatic rings. The molecule has 0 unspecified atom stereocenters. The maximum Gasteiger partial charge on any atom is 0.423 e. The van der Waals surface area contributed by atoms with E-state index in [0.717, 1.165) is 5.19 Å². The molecule has 0 amide bonds. The minimum Gasteiger partial charge on any atom is -0.393 e. The summed E-state index contributed by atoms with van der Waals surface area (Å²) in [5, 5.41) is 1.15. The topological polar surface area (TPSA) is 18.5 Å². The van der Waals surface area contributed by atoms with Gasteiger partial charge in [-0.3, -0.25) is 0 Å². The van der Waals surface area contributed by atoms with Gasteiger partial charge in [-0.2, -0.15) is 0 Å². The van der Waals surface area contributed by atoms with E-state index in [1.807, 2.05) is 51.1 Å². The van der Waals surface area contributed by atoms with Crippen molar-refractivity contribution in [2.45, 2.75) is 26.4 Å². The minimum atomic E-state index is -1.32. The molecule has 1 aromatic carbocycles. The molecule has 77 valence electrons. The fourth-order valence-corrected chi connectivity index (χ4v) is 2.53. The predicted molar refractivity (Wildman–Crippen MR) is 59.7 cm³/mol. The van der Waals surface area contributed by atoms with Gasteiger partial charge in [0, 0.05) is 7.11 Å². The summed E-state index contributed by atoms with van der Waals surface area (Å²) in [6.07, 6.45) is 0. The predicted octanol–water partition coefficient (Wildman–Crippen LogP) is 1.84. The van der Waals surface area contributed by atoms with Crippen LogP contribution in [0.15, 0.2) is 30.3 Å². The Hall–Kier alpha value is -0.643. The van der Waals surface area contributed by atoms with Crippen LogP contribution in [0, 0.1) is 0 Å². The van der Waals surface area contributed by atoms with Gasteiger partial charge in [-0.15, -0.1) is 0 Å². The number of hydrogen-bond acceptors (Lipinski definition) is 2. The van der Waals surface area contributed by atoms with E-state index >= 15 is 0 Å². The summed E-state index contributed by atoms with van der Waals surface area (Å²) in [4.78, 5) is 0. The van der Waals surface area contributed by atoms with Crippen LogP contribution in [0.4, 0.5) is 0 Å². The van der Waals surface area contributed by atoms with Gasteiger partial charge in [0.25, 0.3) is 0 Å². The van der Waals surface area contributed by atoms with E-state index in [9.17, 15) is 0 Å². The lowest BCUT2D eigenvalue weighted by molar-refractivity contribution is 0.0982. The third-order valence-corrected chi connectivity index (χ3v) is 3.57. The third kappa shape index (κ3) is 3.62. The first-order chi connectivity index (χ1) is 6.53. The molecule has 0 aromatic heterocycles. The first-order valence-corrected chi connectivity index (χ1v) is 6.00. The van der Waals surface area contributed by atoms with Crippen molar-refractivity contribution in [3.05, 3.63) is 30.3 Å². The Bertz CT molecular complexity index is 266. The zero-order valence-corrected chi connectivity index (χ0v) is 10.2. The van der Waals surface area contributed by atoms with E-state index in [1.165, 1.54) is 0 Å². The molecule has 0 fully saturated rings. The minimum absolute atomic E-state index is 0.153. The molecule has 14 heavy (non-hydrogen) atoms. The highest BCUT2D eigenvalue weighted by Crippen LogP contribution is 2.09. The van der Waals surface area contributed by atoms with E-state index in [1.54, 1.807) is 7.11 Å². The molecule has 0 saturated carbocycles. The molecule has 0 atom stereocenters. The van der Waals surface area contributed by atoms with Gasteiger partial charge in [0.05, 0.1) is 5.60 Å². The SMILES string of the molecule is CO[Si](OC(C)(C)C)c1ccccc1. The van der Waals surface area contributed by atoms with Gasteiger partial charge in [0.1, 0.15) is 0 Å². The second kappa shape index (κ2) is 4.73. The standard InChI is InChI=1S/C11H17O2Si/c1-11(2,3)13-14(12-4)10-8-6-5-7-9-10/h5-9H,1-4H3. The highest BCUT2D eigenvalue weighted by Gasteiger charge is 2.24. The molecule has 3 heteroatoms. The maximum absolute atomic E-state index is 5.85. The number of rotatable bonds is 3. The summed E-state index contributed by atoms with van der Waals surface area (Å²) < 4.78 is 11.2. The lowest BCUT2D eigenvalue weighted by Crippen LogP contribution is -2.41. The summed E-state index contributed by atoms with van der Waals surface area (Å²) in [6.45, 7) is 6.12. The average molecular weight is 209 g/mol. The van der Waals surface area contributed by atoms with E-state index < -0.39 is 9.28 Å². The van der Waals surface area contributed by atoms with Crippen LogP contribution in [0.2, 0.25) is 0 Å². The molecular weight excluding hydrogens is 192 g/mol. The van der Waals surface area contributed by atoms with Crippen molar-refractivity contribution in [2.75, 3.05) is 7.11 Å². The Morgan fingerprint density at radius 1 is 1.07 bits per heavy atom. The molecule has 1 rings (SSSR count). The molecule has 0 aliphatic heterocycles. The molecular formula is C11H17O2Si. The van der Waals surface area contributed by atoms with Crippen molar-refractivity contribution in [3.63, 3.8) is 0 Å². The summed E-state index contributed by atoms with van der Waals surface area (Å²) in [6, 6.07) is 10.1. The number of hydrogen-bond donors (Lipinski definition) is 0. The Labute approximate surface area is 87.7 Å². The van der Waals surface area contributed by atoms with Crippen molar-refractivity contribution in [2.24, 2.45) is 0 Å². The van der Waals surface area contributed by atoms with Gasteiger partial charge < -0.3 is 8.85 Å². The normalized spacial score (nSPS) is 12.1. The Morgan fingerprint density at radius 2 is 1.64 bits per heavy atom. The maximum atomic E-state index is 5.85. The molecule has 0 heterocycles. The molecule has 0 aliphatic carbocycles. The van der Waals surface area contributed by atoms with Crippen molar-refractivity contribution in [3.8, 4) is 0 Å². The monoisotopic (exact) mass is 209 g/mol. The summed E-state index contributed by atoms with van der Waals surface area (Å²) >= 11 is 0. The van der Waals surface area contributed by atoms with Crippen LogP contribution in [-0.2, 0) is 8.85 Å². The van der Waals surface area contributed by atoms with Crippen LogP contribution in [0.3, 0.4) is 0 Å². The Kier molecular flexibility index (Phi) is 3.86. The second-order valence-electron chi connectivity index (χ2n) is 4.07. The molecule has 2 nitrogen and oxygen atoms in total. The fraction of sp³-hybridized carbons (Fsp3) is 0.455. The highest BCUT2D eigenvalue weighted by atomic mass is 28.3. The van der Waals surface area contributed by atoms with Crippen molar-refractivity contribution in [1.29, 1.82) is 0 Å². The van der Waals surface area contributed by atoms with E-state index in [4.69, 9.17) is 8.85 Å². The van der Waals surface area contributed by atoms with Crippen LogP contribution < -0.4 is 5.19 Å². The van der Waals surface area contributed by atoms with Crippen molar-refractivity contribution < 1.29 is 8.85 Å². The second-order valence-corrected chi connectivity index (χ2v) is 5.84. The van der Waals surface area contributed by atoms with E-state index in [-0.39, 0.29) is 5.60 Å². The molecule has 0 aliphatic rings. The largest absolute Gasteiger partial charge is 0.423 e. The third-order valence-electron chi connectivity index (χ3n) is 1.59. The van der Waals surface area contributed by atoms with E-state index in [2.05, 4.69) is 0 Å². The summed E-state index contributed by atoms with van der Waals surface area (Å²) in [5.74, 6) is 0. The molecule has 1 radical (unpaired) electrons. The van der Waals surface area contributed by atoms with Crippen LogP contribution in [0.25, 0.3) is 0 Å². The average Bonchev–Trinajstić information content (AvgIpc) is 2.14. The molecule has 0 spiro atoms. The first kappa shape index (κ1) is 11.4. The van der Waals surface area contributed by atoms with Crippen LogP contribution in [-0.4, -0.2) is 22.0 Å². The molecule has 0 saturated heterocycles. The smallest absolute Gasteiger partial charge is 0.393 e. The van der Waals surface area contributed by atoms with Gasteiger partial charge in [0.2, 0.25) is 0 Å². The molecule has 0 bridgehead atoms. The highest BCUT2D eigenvalue weighted by molar-refractivity contribution is 6.61. The van der Waals surface area contributed by atoms with Crippen molar-refractivity contribution >= 4 is 14.5 Å². The van der Waals surface area contributed by atoms with Crippen LogP contribution >= 0.6 is 0 Å². The lowest BCUT2D eigenvalue weighted by Gasteiger charge is -2.24. The Morgan fingerprint density at radius 3 is 2.07 bits per heavy atom. The number of benzene rings is 1. The zero-order chi connectivity index (χ0) is 10.6. The summed E-state index contributed by atoms with van der Waals surface area (Å²) in [5.41, 5.74) is -0.153. The van der Waals surface area contributed by atoms with Gasteiger partial charge >= 0.3 is 9.28 Å². The van der Waals surface area contributed by atoms with Gasteiger partial charge in [-0.25, -0.2) is 0 Å². The quantitative estimate of drug-likeness (QED) is 0.707. The lowest BCUT2D eigenvalue weighted by atomic mass is 10.2. The molecule has 0 N–H and O–H groups in total. The van der Waals surface area contributed by atoms with Crippen LogP contribution in [0.1, 0.15) is 20.8 Å². The van der Waals surface area contributed by atoms with Gasteiger partial charge in [0.15, 0.2) is 0 Å².